The van der Waals surface area contributed by atoms with E-state index in [9.17, 15) is 9.18 Å². The van der Waals surface area contributed by atoms with Crippen LogP contribution in [0.1, 0.15) is 11.1 Å². The Balaban J connectivity index is 2.28. The van der Waals surface area contributed by atoms with Crippen LogP contribution < -0.4 is 11.1 Å². The van der Waals surface area contributed by atoms with Gasteiger partial charge in [-0.1, -0.05) is 12.1 Å². The lowest BCUT2D eigenvalue weighted by atomic mass is 9.83. The molecule has 1 aliphatic heterocycles. The van der Waals surface area contributed by atoms with E-state index in [0.717, 1.165) is 0 Å². The Morgan fingerprint density at radius 2 is 1.90 bits per heavy atom. The van der Waals surface area contributed by atoms with Gasteiger partial charge < -0.3 is 5.73 Å². The molecule has 5 nitrogen and oxygen atoms in total. The van der Waals surface area contributed by atoms with Crippen molar-refractivity contribution in [2.45, 2.75) is 5.54 Å². The van der Waals surface area contributed by atoms with E-state index in [1.54, 1.807) is 30.6 Å². The Morgan fingerprint density at radius 1 is 1.15 bits per heavy atom. The lowest BCUT2D eigenvalue weighted by Gasteiger charge is -2.24. The first kappa shape index (κ1) is 12.3. The highest BCUT2D eigenvalue weighted by Gasteiger charge is 2.46. The van der Waals surface area contributed by atoms with Crippen molar-refractivity contribution in [3.05, 3.63) is 65.7 Å². The Bertz CT molecular complexity index is 701. The molecule has 0 saturated carbocycles. The molecule has 1 amide bonds. The Morgan fingerprint density at radius 3 is 2.50 bits per heavy atom. The van der Waals surface area contributed by atoms with Gasteiger partial charge in [-0.2, -0.15) is 0 Å². The summed E-state index contributed by atoms with van der Waals surface area (Å²) in [5.41, 5.74) is 5.25. The topological polar surface area (TPSA) is 80.4 Å². The smallest absolute Gasteiger partial charge is 0.263 e. The molecule has 0 fully saturated rings. The number of hydrogen-bond acceptors (Lipinski definition) is 4. The predicted octanol–water partition coefficient (Wildman–Crippen LogP) is 0.909. The highest BCUT2D eigenvalue weighted by Crippen LogP contribution is 2.36. The number of guanidine groups is 1. The van der Waals surface area contributed by atoms with Crippen molar-refractivity contribution < 1.29 is 9.18 Å². The fraction of sp³-hybridized carbons (Fsp3) is 0.0714. The SMILES string of the molecule is NC1=NC(c2ccncc2)(c2cccc(F)c2)C(=O)N1. The Kier molecular flexibility index (Phi) is 2.71. The number of carbonyl (C=O) groups is 1. The van der Waals surface area contributed by atoms with Gasteiger partial charge >= 0.3 is 0 Å². The first-order chi connectivity index (χ1) is 9.63. The molecular formula is C14H11FN4O. The maximum Gasteiger partial charge on any atom is 0.263 e. The molecule has 0 aliphatic carbocycles. The molecule has 0 radical (unpaired) electrons. The summed E-state index contributed by atoms with van der Waals surface area (Å²) in [6, 6.07) is 9.08. The molecule has 20 heavy (non-hydrogen) atoms. The highest BCUT2D eigenvalue weighted by molar-refractivity contribution is 6.09. The van der Waals surface area contributed by atoms with E-state index in [4.69, 9.17) is 5.73 Å². The molecule has 2 aromatic rings. The zero-order valence-electron chi connectivity index (χ0n) is 10.4. The van der Waals surface area contributed by atoms with Gasteiger partial charge in [-0.15, -0.1) is 0 Å². The predicted molar refractivity (Wildman–Crippen MR) is 71.2 cm³/mol. The monoisotopic (exact) mass is 270 g/mol. The number of hydrogen-bond donors (Lipinski definition) is 2. The molecule has 3 rings (SSSR count). The van der Waals surface area contributed by atoms with Crippen molar-refractivity contribution in [1.29, 1.82) is 0 Å². The number of aliphatic imine (C=N–C) groups is 1. The summed E-state index contributed by atoms with van der Waals surface area (Å²) in [4.78, 5) is 20.5. The average molecular weight is 270 g/mol. The van der Waals surface area contributed by atoms with E-state index >= 15 is 0 Å². The first-order valence-corrected chi connectivity index (χ1v) is 5.96. The van der Waals surface area contributed by atoms with Crippen LogP contribution in [0.3, 0.4) is 0 Å². The number of nitrogens with one attached hydrogen (secondary N) is 1. The molecule has 6 heteroatoms. The largest absolute Gasteiger partial charge is 0.370 e. The molecule has 0 saturated heterocycles. The minimum atomic E-state index is -1.37. The second-order valence-corrected chi connectivity index (χ2v) is 4.41. The summed E-state index contributed by atoms with van der Waals surface area (Å²) in [5, 5.41) is 2.47. The van der Waals surface area contributed by atoms with Crippen LogP contribution in [0, 0.1) is 5.82 Å². The number of carbonyl (C=O) groups excluding carboxylic acids is 1. The van der Waals surface area contributed by atoms with Gasteiger partial charge in [-0.3, -0.25) is 15.1 Å². The van der Waals surface area contributed by atoms with Crippen LogP contribution in [0.15, 0.2) is 53.8 Å². The van der Waals surface area contributed by atoms with Crippen molar-refractivity contribution in [3.63, 3.8) is 0 Å². The highest BCUT2D eigenvalue weighted by atomic mass is 19.1. The summed E-state index contributed by atoms with van der Waals surface area (Å²) in [6.07, 6.45) is 3.10. The third-order valence-corrected chi connectivity index (χ3v) is 3.20. The summed E-state index contributed by atoms with van der Waals surface area (Å²) >= 11 is 0. The molecule has 1 aromatic heterocycles. The van der Waals surface area contributed by atoms with Gasteiger partial charge in [0.1, 0.15) is 5.82 Å². The zero-order valence-corrected chi connectivity index (χ0v) is 10.4. The molecule has 1 unspecified atom stereocenters. The second kappa shape index (κ2) is 4.41. The summed E-state index contributed by atoms with van der Waals surface area (Å²) in [7, 11) is 0. The van der Waals surface area contributed by atoms with Crippen LogP contribution in [0.5, 0.6) is 0 Å². The normalized spacial score (nSPS) is 21.4. The standard InChI is InChI=1S/C14H11FN4O/c15-11-3-1-2-10(8-11)14(9-4-6-17-7-5-9)12(20)18-13(16)19-14/h1-8H,(H3,16,18,19,20). The van der Waals surface area contributed by atoms with E-state index in [2.05, 4.69) is 15.3 Å². The molecule has 100 valence electrons. The number of halogens is 1. The number of aromatic nitrogens is 1. The van der Waals surface area contributed by atoms with E-state index in [-0.39, 0.29) is 5.96 Å². The molecule has 0 spiro atoms. The van der Waals surface area contributed by atoms with Gasteiger partial charge in [-0.05, 0) is 35.4 Å². The van der Waals surface area contributed by atoms with Gasteiger partial charge in [-0.25, -0.2) is 9.38 Å². The number of pyridine rings is 1. The number of benzene rings is 1. The summed E-state index contributed by atoms with van der Waals surface area (Å²) in [5.74, 6) is -0.840. The van der Waals surface area contributed by atoms with Gasteiger partial charge in [0.2, 0.25) is 0 Å². The van der Waals surface area contributed by atoms with Crippen LogP contribution in [-0.2, 0) is 10.3 Å². The maximum atomic E-state index is 13.5. The van der Waals surface area contributed by atoms with Crippen molar-refractivity contribution >= 4 is 11.9 Å². The fourth-order valence-electron chi connectivity index (χ4n) is 2.33. The Labute approximate surface area is 114 Å². The molecule has 1 aliphatic rings. The van der Waals surface area contributed by atoms with Gasteiger partial charge in [0, 0.05) is 12.4 Å². The lowest BCUT2D eigenvalue weighted by molar-refractivity contribution is -0.122. The molecule has 0 bridgehead atoms. The molecule has 3 N–H and O–H groups in total. The first-order valence-electron chi connectivity index (χ1n) is 5.96. The van der Waals surface area contributed by atoms with Crippen LogP contribution in [0.2, 0.25) is 0 Å². The van der Waals surface area contributed by atoms with Crippen LogP contribution in [0.25, 0.3) is 0 Å². The minimum Gasteiger partial charge on any atom is -0.370 e. The minimum absolute atomic E-state index is 0.0103. The third-order valence-electron chi connectivity index (χ3n) is 3.20. The van der Waals surface area contributed by atoms with Crippen molar-refractivity contribution in [1.82, 2.24) is 10.3 Å². The van der Waals surface area contributed by atoms with Crippen molar-refractivity contribution in [2.24, 2.45) is 10.7 Å². The second-order valence-electron chi connectivity index (χ2n) is 4.41. The van der Waals surface area contributed by atoms with Gasteiger partial charge in [0.25, 0.3) is 5.91 Å². The van der Waals surface area contributed by atoms with Crippen LogP contribution >= 0.6 is 0 Å². The van der Waals surface area contributed by atoms with Crippen LogP contribution in [-0.4, -0.2) is 16.9 Å². The molecular weight excluding hydrogens is 259 g/mol. The van der Waals surface area contributed by atoms with Crippen LogP contribution in [0.4, 0.5) is 4.39 Å². The number of nitrogens with two attached hydrogens (primary N) is 1. The van der Waals surface area contributed by atoms with Crippen molar-refractivity contribution in [3.8, 4) is 0 Å². The lowest BCUT2D eigenvalue weighted by Crippen LogP contribution is -2.39. The molecule has 2 heterocycles. The van der Waals surface area contributed by atoms with Gasteiger partial charge in [0.15, 0.2) is 11.5 Å². The number of amides is 1. The molecule has 1 aromatic carbocycles. The Hall–Kier alpha value is -2.76. The van der Waals surface area contributed by atoms with E-state index in [1.165, 1.54) is 18.2 Å². The molecule has 1 atom stereocenters. The third kappa shape index (κ3) is 1.73. The number of nitrogens with zero attached hydrogens (tertiary/aromatic N) is 2. The van der Waals surface area contributed by atoms with Crippen molar-refractivity contribution in [2.75, 3.05) is 0 Å². The van der Waals surface area contributed by atoms with E-state index < -0.39 is 17.3 Å². The summed E-state index contributed by atoms with van der Waals surface area (Å²) < 4.78 is 13.5. The quantitative estimate of drug-likeness (QED) is 0.851. The zero-order chi connectivity index (χ0) is 14.2. The number of rotatable bonds is 2. The van der Waals surface area contributed by atoms with E-state index in [0.29, 0.717) is 11.1 Å². The summed E-state index contributed by atoms with van der Waals surface area (Å²) in [6.45, 7) is 0. The van der Waals surface area contributed by atoms with E-state index in [1.807, 2.05) is 0 Å². The van der Waals surface area contributed by atoms with Gasteiger partial charge in [0.05, 0.1) is 0 Å². The fourth-order valence-corrected chi connectivity index (χ4v) is 2.33. The average Bonchev–Trinajstić information content (AvgIpc) is 2.75. The maximum absolute atomic E-state index is 13.5.